The molecule has 0 aliphatic heterocycles. The molecular formula is C11H9FO5. The third kappa shape index (κ3) is 1.93. The molecule has 0 unspecified atom stereocenters. The second-order valence-corrected chi connectivity index (χ2v) is 3.89. The first kappa shape index (κ1) is 11.4. The van der Waals surface area contributed by atoms with Gasteiger partial charge >= 0.3 is 11.9 Å². The Balaban J connectivity index is 2.14. The topological polar surface area (TPSA) is 83.8 Å². The summed E-state index contributed by atoms with van der Waals surface area (Å²) in [5.41, 5.74) is -1.48. The Hall–Kier alpha value is -2.11. The summed E-state index contributed by atoms with van der Waals surface area (Å²) < 4.78 is 17.7. The number of phenolic OH excluding ortho intramolecular Hbond substituents is 1. The third-order valence-electron chi connectivity index (χ3n) is 2.68. The van der Waals surface area contributed by atoms with Crippen LogP contribution in [0, 0.1) is 11.2 Å². The number of halogens is 1. The van der Waals surface area contributed by atoms with Crippen molar-refractivity contribution in [2.24, 2.45) is 5.41 Å². The van der Waals surface area contributed by atoms with Crippen molar-refractivity contribution >= 4 is 11.9 Å². The molecular weight excluding hydrogens is 231 g/mol. The van der Waals surface area contributed by atoms with Crippen molar-refractivity contribution < 1.29 is 28.9 Å². The van der Waals surface area contributed by atoms with Gasteiger partial charge in [0.25, 0.3) is 0 Å². The first-order valence-corrected chi connectivity index (χ1v) is 4.90. The number of aliphatic carboxylic acids is 1. The van der Waals surface area contributed by atoms with E-state index in [0.717, 1.165) is 12.1 Å². The molecule has 0 radical (unpaired) electrons. The lowest BCUT2D eigenvalue weighted by molar-refractivity contribution is -0.155. The number of esters is 1. The van der Waals surface area contributed by atoms with Crippen LogP contribution in [0.15, 0.2) is 18.2 Å². The largest absolute Gasteiger partial charge is 0.505 e. The van der Waals surface area contributed by atoms with Gasteiger partial charge < -0.3 is 14.9 Å². The van der Waals surface area contributed by atoms with E-state index in [-0.39, 0.29) is 18.6 Å². The van der Waals surface area contributed by atoms with Crippen molar-refractivity contribution in [2.45, 2.75) is 12.8 Å². The van der Waals surface area contributed by atoms with E-state index >= 15 is 0 Å². The molecule has 0 bridgehead atoms. The molecule has 6 heteroatoms. The highest BCUT2D eigenvalue weighted by Crippen LogP contribution is 2.47. The monoisotopic (exact) mass is 240 g/mol. The maximum atomic E-state index is 12.9. The van der Waals surface area contributed by atoms with E-state index in [4.69, 9.17) is 14.9 Å². The predicted molar refractivity (Wildman–Crippen MR) is 53.0 cm³/mol. The average Bonchev–Trinajstić information content (AvgIpc) is 3.04. The number of phenols is 1. The lowest BCUT2D eigenvalue weighted by atomic mass is 10.1. The fraction of sp³-hybridized carbons (Fsp3) is 0.273. The highest BCUT2D eigenvalue weighted by atomic mass is 19.1. The number of hydrogen-bond donors (Lipinski definition) is 2. The summed E-state index contributed by atoms with van der Waals surface area (Å²) in [6.07, 6.45) is 0.448. The molecule has 1 aromatic carbocycles. The molecule has 2 N–H and O–H groups in total. The summed E-state index contributed by atoms with van der Waals surface area (Å²) >= 11 is 0. The molecule has 0 saturated heterocycles. The van der Waals surface area contributed by atoms with Gasteiger partial charge in [0.05, 0.1) is 0 Å². The summed E-state index contributed by atoms with van der Waals surface area (Å²) in [4.78, 5) is 22.4. The van der Waals surface area contributed by atoms with Crippen LogP contribution in [0.25, 0.3) is 0 Å². The van der Waals surface area contributed by atoms with Gasteiger partial charge in [0.15, 0.2) is 17.0 Å². The van der Waals surface area contributed by atoms with Gasteiger partial charge in [-0.2, -0.15) is 0 Å². The number of rotatable bonds is 3. The van der Waals surface area contributed by atoms with Gasteiger partial charge in [-0.1, -0.05) is 0 Å². The quantitative estimate of drug-likeness (QED) is 0.472. The van der Waals surface area contributed by atoms with Crippen LogP contribution in [-0.2, 0) is 9.59 Å². The van der Waals surface area contributed by atoms with E-state index in [1.807, 2.05) is 0 Å². The van der Waals surface area contributed by atoms with Gasteiger partial charge in [0, 0.05) is 6.07 Å². The Kier molecular flexibility index (Phi) is 2.49. The number of carbonyl (C=O) groups excluding carboxylic acids is 1. The number of carboxylic acid groups (broad SMARTS) is 1. The fourth-order valence-electron chi connectivity index (χ4n) is 1.39. The minimum absolute atomic E-state index is 0.127. The van der Waals surface area contributed by atoms with Gasteiger partial charge in [-0.25, -0.2) is 4.39 Å². The molecule has 17 heavy (non-hydrogen) atoms. The minimum Gasteiger partial charge on any atom is -0.505 e. The van der Waals surface area contributed by atoms with Crippen LogP contribution in [-0.4, -0.2) is 22.2 Å². The van der Waals surface area contributed by atoms with E-state index in [1.54, 1.807) is 0 Å². The van der Waals surface area contributed by atoms with Gasteiger partial charge in [-0.3, -0.25) is 9.59 Å². The molecule has 2 rings (SSSR count). The molecule has 0 spiro atoms. The highest BCUT2D eigenvalue weighted by Gasteiger charge is 2.58. The first-order valence-electron chi connectivity index (χ1n) is 4.90. The van der Waals surface area contributed by atoms with E-state index in [2.05, 4.69) is 0 Å². The maximum Gasteiger partial charge on any atom is 0.328 e. The predicted octanol–water partition coefficient (Wildman–Crippen LogP) is 1.30. The van der Waals surface area contributed by atoms with Gasteiger partial charge in [-0.05, 0) is 25.0 Å². The Morgan fingerprint density at radius 3 is 2.47 bits per heavy atom. The summed E-state index contributed by atoms with van der Waals surface area (Å²) in [6.45, 7) is 0. The lowest BCUT2D eigenvalue weighted by Gasteiger charge is -2.09. The SMILES string of the molecule is O=C(O)C1(C(=O)Oc2ccc(O)c(F)c2)CC1. The smallest absolute Gasteiger partial charge is 0.328 e. The number of benzene rings is 1. The van der Waals surface area contributed by atoms with Crippen LogP contribution < -0.4 is 4.74 Å². The number of aromatic hydroxyl groups is 1. The molecule has 1 fully saturated rings. The van der Waals surface area contributed by atoms with E-state index in [1.165, 1.54) is 6.07 Å². The van der Waals surface area contributed by atoms with Crippen molar-refractivity contribution in [3.05, 3.63) is 24.0 Å². The number of carboxylic acids is 1. The second-order valence-electron chi connectivity index (χ2n) is 3.89. The van der Waals surface area contributed by atoms with Crippen LogP contribution in [0.1, 0.15) is 12.8 Å². The number of hydrogen-bond acceptors (Lipinski definition) is 4. The van der Waals surface area contributed by atoms with Crippen molar-refractivity contribution in [3.8, 4) is 11.5 Å². The lowest BCUT2D eigenvalue weighted by Crippen LogP contribution is -2.29. The zero-order valence-electron chi connectivity index (χ0n) is 8.64. The maximum absolute atomic E-state index is 12.9. The van der Waals surface area contributed by atoms with Crippen molar-refractivity contribution in [3.63, 3.8) is 0 Å². The second kappa shape index (κ2) is 3.73. The molecule has 0 amide bonds. The molecule has 1 aromatic rings. The van der Waals surface area contributed by atoms with Crippen LogP contribution >= 0.6 is 0 Å². The molecule has 0 aromatic heterocycles. The van der Waals surface area contributed by atoms with Gasteiger partial charge in [-0.15, -0.1) is 0 Å². The van der Waals surface area contributed by atoms with Crippen LogP contribution in [0.4, 0.5) is 4.39 Å². The molecule has 0 atom stereocenters. The van der Waals surface area contributed by atoms with E-state index < -0.39 is 28.9 Å². The third-order valence-corrected chi connectivity index (χ3v) is 2.68. The standard InChI is InChI=1S/C11H9FO5/c12-7-5-6(1-2-8(7)13)17-10(16)11(3-4-11)9(14)15/h1-2,5,13H,3-4H2,(H,14,15). The molecule has 90 valence electrons. The number of carbonyl (C=O) groups is 2. The Bertz CT molecular complexity index is 493. The van der Waals surface area contributed by atoms with Gasteiger partial charge in [0.1, 0.15) is 5.75 Å². The average molecular weight is 240 g/mol. The molecule has 5 nitrogen and oxygen atoms in total. The van der Waals surface area contributed by atoms with Crippen LogP contribution in [0.2, 0.25) is 0 Å². The summed E-state index contributed by atoms with van der Waals surface area (Å²) in [6, 6.07) is 3.04. The van der Waals surface area contributed by atoms with Crippen molar-refractivity contribution in [1.82, 2.24) is 0 Å². The molecule has 0 heterocycles. The summed E-state index contributed by atoms with van der Waals surface area (Å²) in [5, 5.41) is 17.8. The highest BCUT2D eigenvalue weighted by molar-refractivity contribution is 6.03. The van der Waals surface area contributed by atoms with Crippen molar-refractivity contribution in [1.29, 1.82) is 0 Å². The molecule has 1 aliphatic rings. The molecule has 1 aliphatic carbocycles. The Morgan fingerprint density at radius 1 is 1.35 bits per heavy atom. The zero-order valence-corrected chi connectivity index (χ0v) is 8.64. The Labute approximate surface area is 95.4 Å². The van der Waals surface area contributed by atoms with Gasteiger partial charge in [0.2, 0.25) is 0 Å². The van der Waals surface area contributed by atoms with E-state index in [9.17, 15) is 14.0 Å². The first-order chi connectivity index (χ1) is 7.95. The zero-order chi connectivity index (χ0) is 12.6. The summed E-state index contributed by atoms with van der Waals surface area (Å²) in [5.74, 6) is -3.77. The fourth-order valence-corrected chi connectivity index (χ4v) is 1.39. The minimum atomic E-state index is -1.48. The van der Waals surface area contributed by atoms with Crippen LogP contribution in [0.3, 0.4) is 0 Å². The van der Waals surface area contributed by atoms with E-state index in [0.29, 0.717) is 0 Å². The van der Waals surface area contributed by atoms with Crippen molar-refractivity contribution in [2.75, 3.05) is 0 Å². The van der Waals surface area contributed by atoms with Crippen LogP contribution in [0.5, 0.6) is 11.5 Å². The molecule has 1 saturated carbocycles. The number of ether oxygens (including phenoxy) is 1. The Morgan fingerprint density at radius 2 is 2.00 bits per heavy atom. The normalized spacial score (nSPS) is 16.3. The summed E-state index contributed by atoms with van der Waals surface area (Å²) in [7, 11) is 0.